The maximum Gasteiger partial charge on any atom is 0.0541 e. The summed E-state index contributed by atoms with van der Waals surface area (Å²) < 4.78 is 2.46. The first kappa shape index (κ1) is 37.8. The molecule has 12 rings (SSSR count). The predicted molar refractivity (Wildman–Crippen MR) is 274 cm³/mol. The normalized spacial score (nSPS) is 12.0. The van der Waals surface area contributed by atoms with Crippen molar-refractivity contribution in [2.45, 2.75) is 26.2 Å². The Morgan fingerprint density at radius 3 is 1.62 bits per heavy atom. The van der Waals surface area contributed by atoms with Crippen molar-refractivity contribution >= 4 is 71.2 Å². The molecular weight excluding hydrogens is 773 g/mol. The standard InChI is InChI=1S/C62H46N2/c1-62(2,3)46-33-36-48(41-17-6-4-7-18-41)54(40-46)45-21-16-22-47(39-45)63(55-26-13-10-23-49(55)42-19-8-5-9-20-42)58-37-31-43-30-35-53-59(38-32-44-29-34-52(58)60(43)61(44)53)64-56-27-14-11-24-50(56)51-25-12-15-28-57(51)64/h4-40H,1-3H3. The quantitative estimate of drug-likeness (QED) is 0.145. The van der Waals surface area contributed by atoms with E-state index in [0.29, 0.717) is 0 Å². The Morgan fingerprint density at radius 1 is 0.359 bits per heavy atom. The van der Waals surface area contributed by atoms with E-state index in [2.05, 4.69) is 255 Å². The van der Waals surface area contributed by atoms with E-state index >= 15 is 0 Å². The smallest absolute Gasteiger partial charge is 0.0541 e. The summed E-state index contributed by atoms with van der Waals surface area (Å²) >= 11 is 0. The molecule has 64 heavy (non-hydrogen) atoms. The van der Waals surface area contributed by atoms with Crippen molar-refractivity contribution in [2.75, 3.05) is 4.90 Å². The van der Waals surface area contributed by atoms with Crippen LogP contribution in [0.4, 0.5) is 17.1 Å². The van der Waals surface area contributed by atoms with Gasteiger partial charge in [-0.3, -0.25) is 0 Å². The Kier molecular flexibility index (Phi) is 8.77. The van der Waals surface area contributed by atoms with Gasteiger partial charge in [0.25, 0.3) is 0 Å². The lowest BCUT2D eigenvalue weighted by atomic mass is 9.83. The fraction of sp³-hybridized carbons (Fsp3) is 0.0645. The van der Waals surface area contributed by atoms with E-state index in [1.54, 1.807) is 0 Å². The number of hydrogen-bond acceptors (Lipinski definition) is 1. The average Bonchev–Trinajstić information content (AvgIpc) is 3.68. The van der Waals surface area contributed by atoms with E-state index in [4.69, 9.17) is 0 Å². The number of nitrogens with zero attached hydrogens (tertiary/aromatic N) is 2. The van der Waals surface area contributed by atoms with Crippen molar-refractivity contribution in [1.29, 1.82) is 0 Å². The number of benzene rings is 11. The summed E-state index contributed by atoms with van der Waals surface area (Å²) in [6.45, 7) is 6.90. The highest BCUT2D eigenvalue weighted by Gasteiger charge is 2.24. The molecule has 0 radical (unpaired) electrons. The molecule has 0 saturated heterocycles. The molecule has 0 aliphatic rings. The third-order valence-corrected chi connectivity index (χ3v) is 13.3. The summed E-state index contributed by atoms with van der Waals surface area (Å²) in [7, 11) is 0. The number of fused-ring (bicyclic) bond motifs is 3. The molecule has 2 heteroatoms. The SMILES string of the molecule is CC(C)(C)c1ccc(-c2ccccc2)c(-c2cccc(N(c3ccccc3-c3ccccc3)c3ccc4ccc5c(-n6c7ccccc7c7ccccc76)ccc6ccc3c4c65)c2)c1. The van der Waals surface area contributed by atoms with Gasteiger partial charge in [-0.15, -0.1) is 0 Å². The van der Waals surface area contributed by atoms with Gasteiger partial charge in [-0.25, -0.2) is 0 Å². The zero-order chi connectivity index (χ0) is 42.9. The third kappa shape index (κ3) is 6.09. The van der Waals surface area contributed by atoms with Crippen molar-refractivity contribution < 1.29 is 0 Å². The lowest BCUT2D eigenvalue weighted by Crippen LogP contribution is -2.12. The zero-order valence-corrected chi connectivity index (χ0v) is 36.3. The van der Waals surface area contributed by atoms with Crippen LogP contribution in [0.25, 0.3) is 93.2 Å². The second kappa shape index (κ2) is 14.9. The molecule has 11 aromatic carbocycles. The average molecular weight is 819 g/mol. The van der Waals surface area contributed by atoms with Crippen LogP contribution in [0.5, 0.6) is 0 Å². The molecule has 0 aliphatic heterocycles. The topological polar surface area (TPSA) is 8.17 Å². The van der Waals surface area contributed by atoms with Crippen LogP contribution in [0.1, 0.15) is 26.3 Å². The van der Waals surface area contributed by atoms with Crippen LogP contribution in [0.3, 0.4) is 0 Å². The van der Waals surface area contributed by atoms with Gasteiger partial charge >= 0.3 is 0 Å². The molecular formula is C62H46N2. The van der Waals surface area contributed by atoms with Crippen LogP contribution in [-0.2, 0) is 5.41 Å². The first-order chi connectivity index (χ1) is 31.4. The van der Waals surface area contributed by atoms with Gasteiger partial charge < -0.3 is 9.47 Å². The zero-order valence-electron chi connectivity index (χ0n) is 36.3. The molecule has 12 aromatic rings. The highest BCUT2D eigenvalue weighted by molar-refractivity contribution is 6.27. The van der Waals surface area contributed by atoms with Crippen molar-refractivity contribution in [3.8, 4) is 39.1 Å². The van der Waals surface area contributed by atoms with Crippen LogP contribution in [0.15, 0.2) is 224 Å². The molecule has 1 heterocycles. The molecule has 0 N–H and O–H groups in total. The highest BCUT2D eigenvalue weighted by Crippen LogP contribution is 2.48. The van der Waals surface area contributed by atoms with E-state index in [0.717, 1.165) is 17.1 Å². The minimum absolute atomic E-state index is 0.00856. The van der Waals surface area contributed by atoms with Gasteiger partial charge in [0.05, 0.1) is 28.1 Å². The molecule has 0 fully saturated rings. The second-order valence-electron chi connectivity index (χ2n) is 18.1. The molecule has 0 saturated carbocycles. The number of para-hydroxylation sites is 3. The van der Waals surface area contributed by atoms with Gasteiger partial charge in [0, 0.05) is 32.8 Å². The summed E-state index contributed by atoms with van der Waals surface area (Å²) in [5.41, 5.74) is 15.5. The van der Waals surface area contributed by atoms with Crippen molar-refractivity contribution in [3.63, 3.8) is 0 Å². The summed E-state index contributed by atoms with van der Waals surface area (Å²) in [6, 6.07) is 82.9. The number of hydrogen-bond donors (Lipinski definition) is 0. The maximum atomic E-state index is 2.50. The van der Waals surface area contributed by atoms with Crippen molar-refractivity contribution in [3.05, 3.63) is 230 Å². The molecule has 0 aliphatic carbocycles. The maximum absolute atomic E-state index is 2.50. The molecule has 0 bridgehead atoms. The summed E-state index contributed by atoms with van der Waals surface area (Å²) in [4.78, 5) is 2.50. The van der Waals surface area contributed by atoms with Crippen LogP contribution < -0.4 is 4.90 Å². The van der Waals surface area contributed by atoms with Gasteiger partial charge in [-0.2, -0.15) is 0 Å². The highest BCUT2D eigenvalue weighted by atomic mass is 15.1. The molecule has 304 valence electrons. The second-order valence-corrected chi connectivity index (χ2v) is 18.1. The predicted octanol–water partition coefficient (Wildman–Crippen LogP) is 17.4. The Bertz CT molecular complexity index is 3650. The van der Waals surface area contributed by atoms with E-state index in [9.17, 15) is 0 Å². The Balaban J connectivity index is 1.12. The van der Waals surface area contributed by atoms with E-state index in [1.165, 1.54) is 98.8 Å². The molecule has 0 amide bonds. The minimum atomic E-state index is -0.00856. The Morgan fingerprint density at radius 2 is 0.922 bits per heavy atom. The van der Waals surface area contributed by atoms with E-state index < -0.39 is 0 Å². The van der Waals surface area contributed by atoms with Crippen LogP contribution >= 0.6 is 0 Å². The number of aromatic nitrogens is 1. The fourth-order valence-electron chi connectivity index (χ4n) is 10.2. The lowest BCUT2D eigenvalue weighted by molar-refractivity contribution is 0.590. The molecule has 0 unspecified atom stereocenters. The van der Waals surface area contributed by atoms with Crippen molar-refractivity contribution in [1.82, 2.24) is 4.57 Å². The van der Waals surface area contributed by atoms with Crippen LogP contribution in [0.2, 0.25) is 0 Å². The first-order valence-corrected chi connectivity index (χ1v) is 22.3. The van der Waals surface area contributed by atoms with E-state index in [1.807, 2.05) is 0 Å². The largest absolute Gasteiger partial charge is 0.309 e. The lowest BCUT2D eigenvalue weighted by Gasteiger charge is -2.30. The molecule has 1 aromatic heterocycles. The minimum Gasteiger partial charge on any atom is -0.309 e. The third-order valence-electron chi connectivity index (χ3n) is 13.3. The summed E-state index contributed by atoms with van der Waals surface area (Å²) in [5, 5.41) is 10.0. The fourth-order valence-corrected chi connectivity index (χ4v) is 10.2. The summed E-state index contributed by atoms with van der Waals surface area (Å²) in [5.74, 6) is 0. The summed E-state index contributed by atoms with van der Waals surface area (Å²) in [6.07, 6.45) is 0. The van der Waals surface area contributed by atoms with Crippen molar-refractivity contribution in [2.24, 2.45) is 0 Å². The van der Waals surface area contributed by atoms with Gasteiger partial charge in [0.2, 0.25) is 0 Å². The number of anilines is 3. The van der Waals surface area contributed by atoms with Gasteiger partial charge in [0.1, 0.15) is 0 Å². The Hall–Kier alpha value is -7.94. The molecule has 2 nitrogen and oxygen atoms in total. The van der Waals surface area contributed by atoms with Gasteiger partial charge in [-0.1, -0.05) is 203 Å². The number of rotatable bonds is 7. The molecule has 0 spiro atoms. The first-order valence-electron chi connectivity index (χ1n) is 22.3. The monoisotopic (exact) mass is 818 g/mol. The Labute approximate surface area is 374 Å². The van der Waals surface area contributed by atoms with Gasteiger partial charge in [-0.05, 0) is 103 Å². The van der Waals surface area contributed by atoms with E-state index in [-0.39, 0.29) is 5.41 Å². The van der Waals surface area contributed by atoms with Crippen LogP contribution in [0, 0.1) is 0 Å². The van der Waals surface area contributed by atoms with Crippen LogP contribution in [-0.4, -0.2) is 4.57 Å². The molecule has 0 atom stereocenters. The van der Waals surface area contributed by atoms with Gasteiger partial charge in [0.15, 0.2) is 0 Å².